The summed E-state index contributed by atoms with van der Waals surface area (Å²) in [5.41, 5.74) is 0.181. The largest absolute Gasteiger partial charge is 0.383 e. The summed E-state index contributed by atoms with van der Waals surface area (Å²) in [6, 6.07) is 11.4. The first-order chi connectivity index (χ1) is 12.5. The van der Waals surface area contributed by atoms with E-state index in [-0.39, 0.29) is 22.8 Å². The van der Waals surface area contributed by atoms with Gasteiger partial charge in [-0.3, -0.25) is 19.5 Å². The molecule has 3 aromatic rings. The maximum Gasteiger partial charge on any atom is 0.284 e. The van der Waals surface area contributed by atoms with Crippen LogP contribution >= 0.6 is 23.4 Å². The first kappa shape index (κ1) is 18.4. The smallest absolute Gasteiger partial charge is 0.284 e. The first-order valence-corrected chi connectivity index (χ1v) is 8.81. The zero-order valence-corrected chi connectivity index (χ0v) is 15.3. The number of rotatable bonds is 6. The molecule has 2 aromatic carbocycles. The van der Waals surface area contributed by atoms with Crippen LogP contribution in [0, 0.1) is 10.1 Å². The minimum atomic E-state index is -0.507. The third kappa shape index (κ3) is 3.72. The Morgan fingerprint density at radius 3 is 2.81 bits per heavy atom. The maximum atomic E-state index is 12.8. The summed E-state index contributed by atoms with van der Waals surface area (Å²) in [5.74, 6) is 0. The number of aromatic nitrogens is 2. The number of para-hydroxylation sites is 1. The topological polar surface area (TPSA) is 87.3 Å². The number of benzene rings is 2. The number of hydrogen-bond donors (Lipinski definition) is 0. The highest BCUT2D eigenvalue weighted by molar-refractivity contribution is 7.99. The van der Waals surface area contributed by atoms with Gasteiger partial charge in [0.1, 0.15) is 0 Å². The van der Waals surface area contributed by atoms with Crippen molar-refractivity contribution in [2.45, 2.75) is 16.6 Å². The van der Waals surface area contributed by atoms with E-state index in [9.17, 15) is 14.9 Å². The summed E-state index contributed by atoms with van der Waals surface area (Å²) in [7, 11) is 1.54. The normalized spacial score (nSPS) is 11.0. The van der Waals surface area contributed by atoms with Gasteiger partial charge in [0.05, 0.1) is 33.9 Å². The molecule has 0 bridgehead atoms. The second kappa shape index (κ2) is 7.86. The number of ether oxygens (including phenoxy) is 1. The fourth-order valence-corrected chi connectivity index (χ4v) is 3.59. The predicted molar refractivity (Wildman–Crippen MR) is 100 cm³/mol. The fourth-order valence-electron chi connectivity index (χ4n) is 2.42. The van der Waals surface area contributed by atoms with E-state index in [1.54, 1.807) is 36.4 Å². The number of fused-ring (bicyclic) bond motifs is 1. The van der Waals surface area contributed by atoms with Crippen LogP contribution in [0.25, 0.3) is 10.9 Å². The molecule has 0 atom stereocenters. The monoisotopic (exact) mass is 391 g/mol. The van der Waals surface area contributed by atoms with Crippen LogP contribution in [0.5, 0.6) is 0 Å². The van der Waals surface area contributed by atoms with Crippen LogP contribution in [0.4, 0.5) is 5.69 Å². The van der Waals surface area contributed by atoms with E-state index in [4.69, 9.17) is 16.3 Å². The lowest BCUT2D eigenvalue weighted by Gasteiger charge is -2.12. The number of hydrogen-bond acceptors (Lipinski definition) is 6. The standard InChI is InChI=1S/C17H14ClN3O4S/c1-25-9-8-20-16(22)12-4-2-3-5-13(12)19-17(20)26-15-7-6-11(18)10-14(15)21(23)24/h2-7,10H,8-9H2,1H3. The Morgan fingerprint density at radius 2 is 2.08 bits per heavy atom. The molecule has 0 aliphatic rings. The molecular weight excluding hydrogens is 378 g/mol. The second-order valence-corrected chi connectivity index (χ2v) is 6.78. The second-order valence-electron chi connectivity index (χ2n) is 5.33. The van der Waals surface area contributed by atoms with E-state index < -0.39 is 4.92 Å². The van der Waals surface area contributed by atoms with Crippen molar-refractivity contribution in [3.05, 3.63) is 68.0 Å². The molecular formula is C17H14ClN3O4S. The van der Waals surface area contributed by atoms with Crippen molar-refractivity contribution in [2.24, 2.45) is 0 Å². The van der Waals surface area contributed by atoms with Gasteiger partial charge in [-0.2, -0.15) is 0 Å². The molecule has 26 heavy (non-hydrogen) atoms. The molecule has 7 nitrogen and oxygen atoms in total. The van der Waals surface area contributed by atoms with Gasteiger partial charge >= 0.3 is 0 Å². The quantitative estimate of drug-likeness (QED) is 0.361. The Balaban J connectivity index is 2.15. The summed E-state index contributed by atoms with van der Waals surface area (Å²) in [6.07, 6.45) is 0. The highest BCUT2D eigenvalue weighted by Gasteiger charge is 2.19. The molecule has 0 aliphatic heterocycles. The number of methoxy groups -OCH3 is 1. The van der Waals surface area contributed by atoms with Crippen molar-refractivity contribution in [1.29, 1.82) is 0 Å². The summed E-state index contributed by atoms with van der Waals surface area (Å²) in [4.78, 5) is 28.5. The van der Waals surface area contributed by atoms with Crippen molar-refractivity contribution in [3.63, 3.8) is 0 Å². The SMILES string of the molecule is COCCn1c(Sc2ccc(Cl)cc2[N+](=O)[O-])nc2ccccc2c1=O. The van der Waals surface area contributed by atoms with E-state index in [1.165, 1.54) is 17.7 Å². The van der Waals surface area contributed by atoms with Crippen LogP contribution < -0.4 is 5.56 Å². The molecule has 0 radical (unpaired) electrons. The van der Waals surface area contributed by atoms with Gasteiger partial charge in [-0.05, 0) is 36.0 Å². The van der Waals surface area contributed by atoms with Crippen LogP contribution in [0.2, 0.25) is 5.02 Å². The van der Waals surface area contributed by atoms with E-state index in [1.807, 2.05) is 0 Å². The van der Waals surface area contributed by atoms with E-state index in [2.05, 4.69) is 4.98 Å². The van der Waals surface area contributed by atoms with Gasteiger partial charge in [-0.1, -0.05) is 23.7 Å². The average molecular weight is 392 g/mol. The van der Waals surface area contributed by atoms with Crippen molar-refractivity contribution >= 4 is 40.0 Å². The fraction of sp³-hybridized carbons (Fsp3) is 0.176. The number of nitro groups is 1. The molecule has 0 amide bonds. The van der Waals surface area contributed by atoms with Gasteiger partial charge in [0.25, 0.3) is 11.2 Å². The van der Waals surface area contributed by atoms with Gasteiger partial charge in [0.2, 0.25) is 0 Å². The molecule has 0 N–H and O–H groups in total. The molecule has 0 unspecified atom stereocenters. The van der Waals surface area contributed by atoms with Crippen molar-refractivity contribution < 1.29 is 9.66 Å². The van der Waals surface area contributed by atoms with Crippen molar-refractivity contribution in [1.82, 2.24) is 9.55 Å². The van der Waals surface area contributed by atoms with Crippen molar-refractivity contribution in [3.8, 4) is 0 Å². The molecule has 0 aliphatic carbocycles. The molecule has 1 aromatic heterocycles. The van der Waals surface area contributed by atoms with E-state index in [0.29, 0.717) is 27.6 Å². The number of halogens is 1. The Morgan fingerprint density at radius 1 is 1.31 bits per heavy atom. The summed E-state index contributed by atoms with van der Waals surface area (Å²) >= 11 is 6.92. The predicted octanol–water partition coefficient (Wildman–Crippen LogP) is 3.76. The highest BCUT2D eigenvalue weighted by atomic mass is 35.5. The lowest BCUT2D eigenvalue weighted by molar-refractivity contribution is -0.387. The molecule has 0 spiro atoms. The van der Waals surface area contributed by atoms with Gasteiger partial charge in [-0.15, -0.1) is 0 Å². The lowest BCUT2D eigenvalue weighted by atomic mass is 10.2. The van der Waals surface area contributed by atoms with Gasteiger partial charge < -0.3 is 4.74 Å². The summed E-state index contributed by atoms with van der Waals surface area (Å²) in [5, 5.41) is 12.4. The van der Waals surface area contributed by atoms with Crippen LogP contribution in [-0.2, 0) is 11.3 Å². The third-order valence-corrected chi connectivity index (χ3v) is 4.96. The molecule has 0 saturated carbocycles. The minimum Gasteiger partial charge on any atom is -0.383 e. The van der Waals surface area contributed by atoms with E-state index in [0.717, 1.165) is 11.8 Å². The minimum absolute atomic E-state index is 0.136. The Hall–Kier alpha value is -2.42. The molecule has 0 saturated heterocycles. The number of nitro benzene ring substituents is 1. The Labute approximate surface area is 157 Å². The molecule has 1 heterocycles. The van der Waals surface area contributed by atoms with Crippen LogP contribution in [0.3, 0.4) is 0 Å². The average Bonchev–Trinajstić information content (AvgIpc) is 2.63. The lowest BCUT2D eigenvalue weighted by Crippen LogP contribution is -2.25. The molecule has 134 valence electrons. The van der Waals surface area contributed by atoms with Crippen LogP contribution in [0.1, 0.15) is 0 Å². The van der Waals surface area contributed by atoms with Crippen molar-refractivity contribution in [2.75, 3.05) is 13.7 Å². The zero-order chi connectivity index (χ0) is 18.7. The molecule has 3 rings (SSSR count). The van der Waals surface area contributed by atoms with Crippen LogP contribution in [-0.4, -0.2) is 28.2 Å². The highest BCUT2D eigenvalue weighted by Crippen LogP contribution is 2.35. The van der Waals surface area contributed by atoms with Crippen LogP contribution in [0.15, 0.2) is 57.3 Å². The molecule has 0 fully saturated rings. The van der Waals surface area contributed by atoms with E-state index >= 15 is 0 Å². The summed E-state index contributed by atoms with van der Waals surface area (Å²) in [6.45, 7) is 0.604. The maximum absolute atomic E-state index is 12.8. The zero-order valence-electron chi connectivity index (χ0n) is 13.7. The Bertz CT molecular complexity index is 1040. The van der Waals surface area contributed by atoms with Gasteiger partial charge in [0, 0.05) is 18.2 Å². The third-order valence-electron chi connectivity index (χ3n) is 3.66. The molecule has 9 heteroatoms. The number of nitrogens with zero attached hydrogens (tertiary/aromatic N) is 3. The summed E-state index contributed by atoms with van der Waals surface area (Å²) < 4.78 is 6.54. The van der Waals surface area contributed by atoms with Gasteiger partial charge in [-0.25, -0.2) is 4.98 Å². The Kier molecular flexibility index (Phi) is 5.55. The first-order valence-electron chi connectivity index (χ1n) is 7.61. The van der Waals surface area contributed by atoms with Gasteiger partial charge in [0.15, 0.2) is 5.16 Å².